The number of aliphatic hydroxyl groups is 1. The van der Waals surface area contributed by atoms with Crippen LogP contribution in [0.25, 0.3) is 0 Å². The fourth-order valence-corrected chi connectivity index (χ4v) is 2.80. The third-order valence-corrected chi connectivity index (χ3v) is 3.66. The van der Waals surface area contributed by atoms with E-state index in [2.05, 4.69) is 0 Å². The van der Waals surface area contributed by atoms with Crippen molar-refractivity contribution in [3.8, 4) is 5.75 Å². The molecule has 100 valence electrons. The molecule has 1 aromatic heterocycles. The molecule has 0 saturated carbocycles. The van der Waals surface area contributed by atoms with Crippen LogP contribution in [0.5, 0.6) is 5.75 Å². The predicted octanol–water partition coefficient (Wildman–Crippen LogP) is 0.0531. The molecule has 0 aromatic carbocycles. The second-order valence-corrected chi connectivity index (χ2v) is 4.89. The quantitative estimate of drug-likeness (QED) is 0.754. The lowest BCUT2D eigenvalue weighted by Gasteiger charge is -2.31. The van der Waals surface area contributed by atoms with Gasteiger partial charge in [0.2, 0.25) is 0 Å². The van der Waals surface area contributed by atoms with Crippen molar-refractivity contribution in [2.45, 2.75) is 6.04 Å². The first kappa shape index (κ1) is 13.1. The summed E-state index contributed by atoms with van der Waals surface area (Å²) in [6.45, 7) is 1.57. The van der Waals surface area contributed by atoms with Gasteiger partial charge in [0.25, 0.3) is 0 Å². The molecule has 2 rings (SSSR count). The fraction of sp³-hybridized carbons (Fsp3) is 0.545. The number of methoxy groups -OCH3 is 1. The molecule has 0 saturated heterocycles. The van der Waals surface area contributed by atoms with Crippen LogP contribution in [0.1, 0.15) is 9.67 Å². The SMILES string of the molecule is COC(=O)c1scc2c1N(C[C@@H](N)CO)CCO2. The molecule has 3 N–H and O–H groups in total. The zero-order valence-corrected chi connectivity index (χ0v) is 10.9. The first-order valence-electron chi connectivity index (χ1n) is 5.61. The molecule has 1 aromatic rings. The van der Waals surface area contributed by atoms with E-state index >= 15 is 0 Å². The van der Waals surface area contributed by atoms with E-state index in [0.717, 1.165) is 5.69 Å². The highest BCUT2D eigenvalue weighted by atomic mass is 32.1. The number of hydrogen-bond acceptors (Lipinski definition) is 7. The van der Waals surface area contributed by atoms with E-state index < -0.39 is 0 Å². The summed E-state index contributed by atoms with van der Waals surface area (Å²) in [5.41, 5.74) is 6.47. The second-order valence-electron chi connectivity index (χ2n) is 4.01. The molecule has 0 aliphatic carbocycles. The van der Waals surface area contributed by atoms with Gasteiger partial charge in [-0.05, 0) is 0 Å². The molecule has 0 spiro atoms. The highest BCUT2D eigenvalue weighted by molar-refractivity contribution is 7.13. The molecule has 7 heteroatoms. The number of fused-ring (bicyclic) bond motifs is 1. The van der Waals surface area contributed by atoms with Gasteiger partial charge in [0.05, 0.1) is 20.3 Å². The van der Waals surface area contributed by atoms with Gasteiger partial charge < -0.3 is 25.2 Å². The number of esters is 1. The van der Waals surface area contributed by atoms with Crippen molar-refractivity contribution in [3.63, 3.8) is 0 Å². The summed E-state index contributed by atoms with van der Waals surface area (Å²) in [7, 11) is 1.35. The summed E-state index contributed by atoms with van der Waals surface area (Å²) < 4.78 is 10.3. The maximum Gasteiger partial charge on any atom is 0.350 e. The van der Waals surface area contributed by atoms with Gasteiger partial charge in [-0.15, -0.1) is 11.3 Å². The number of aliphatic hydroxyl groups excluding tert-OH is 1. The first-order chi connectivity index (χ1) is 8.67. The van der Waals surface area contributed by atoms with Crippen LogP contribution in [0, 0.1) is 0 Å². The molecule has 6 nitrogen and oxygen atoms in total. The van der Waals surface area contributed by atoms with E-state index in [-0.39, 0.29) is 18.6 Å². The number of nitrogens with zero attached hydrogens (tertiary/aromatic N) is 1. The minimum atomic E-state index is -0.380. The molecule has 0 bridgehead atoms. The van der Waals surface area contributed by atoms with Crippen LogP contribution >= 0.6 is 11.3 Å². The number of rotatable bonds is 4. The number of hydrogen-bond donors (Lipinski definition) is 2. The zero-order chi connectivity index (χ0) is 13.1. The lowest BCUT2D eigenvalue weighted by Crippen LogP contribution is -2.43. The van der Waals surface area contributed by atoms with Crippen LogP contribution in [0.2, 0.25) is 0 Å². The zero-order valence-electron chi connectivity index (χ0n) is 10.1. The van der Waals surface area contributed by atoms with Crippen LogP contribution in [0.4, 0.5) is 5.69 Å². The lowest BCUT2D eigenvalue weighted by atomic mass is 10.2. The standard InChI is InChI=1S/C11H16N2O4S/c1-16-11(15)10-9-8(6-18-10)17-3-2-13(9)4-7(12)5-14/h6-7,14H,2-5,12H2,1H3/t7-/m1/s1. The minimum absolute atomic E-state index is 0.0929. The van der Waals surface area contributed by atoms with Crippen LogP contribution < -0.4 is 15.4 Å². The van der Waals surface area contributed by atoms with Gasteiger partial charge in [-0.1, -0.05) is 0 Å². The van der Waals surface area contributed by atoms with E-state index in [9.17, 15) is 4.79 Å². The van der Waals surface area contributed by atoms with Gasteiger partial charge >= 0.3 is 5.97 Å². The number of thiophene rings is 1. The van der Waals surface area contributed by atoms with Crippen molar-refractivity contribution in [2.75, 3.05) is 38.3 Å². The largest absolute Gasteiger partial charge is 0.489 e. The average molecular weight is 272 g/mol. The molecule has 0 radical (unpaired) electrons. The van der Waals surface area contributed by atoms with E-state index in [0.29, 0.717) is 30.3 Å². The summed E-state index contributed by atoms with van der Waals surface area (Å²) in [4.78, 5) is 14.1. The molecule has 18 heavy (non-hydrogen) atoms. The molecular weight excluding hydrogens is 256 g/mol. The van der Waals surface area contributed by atoms with E-state index in [1.165, 1.54) is 18.4 Å². The predicted molar refractivity (Wildman–Crippen MR) is 68.4 cm³/mol. The van der Waals surface area contributed by atoms with Crippen LogP contribution in [-0.4, -0.2) is 50.5 Å². The van der Waals surface area contributed by atoms with Crippen molar-refractivity contribution in [3.05, 3.63) is 10.3 Å². The topological polar surface area (TPSA) is 85.0 Å². The van der Waals surface area contributed by atoms with Crippen LogP contribution in [0.15, 0.2) is 5.38 Å². The van der Waals surface area contributed by atoms with Gasteiger partial charge in [0, 0.05) is 18.0 Å². The molecule has 1 atom stereocenters. The molecule has 0 fully saturated rings. The summed E-state index contributed by atoms with van der Waals surface area (Å²) in [6.07, 6.45) is 0. The maximum atomic E-state index is 11.7. The summed E-state index contributed by atoms with van der Waals surface area (Å²) in [5.74, 6) is 0.297. The van der Waals surface area contributed by atoms with Crippen molar-refractivity contribution in [1.82, 2.24) is 0 Å². The van der Waals surface area contributed by atoms with E-state index in [4.69, 9.17) is 20.3 Å². The lowest BCUT2D eigenvalue weighted by molar-refractivity contribution is 0.0606. The fourth-order valence-electron chi connectivity index (χ4n) is 1.88. The van der Waals surface area contributed by atoms with Crippen molar-refractivity contribution in [1.29, 1.82) is 0 Å². The van der Waals surface area contributed by atoms with Gasteiger partial charge in [-0.25, -0.2) is 4.79 Å². The first-order valence-corrected chi connectivity index (χ1v) is 6.49. The summed E-state index contributed by atoms with van der Waals surface area (Å²) >= 11 is 1.29. The Kier molecular flexibility index (Phi) is 4.05. The third kappa shape index (κ3) is 2.43. The van der Waals surface area contributed by atoms with Crippen molar-refractivity contribution < 1.29 is 19.4 Å². The Morgan fingerprint density at radius 2 is 2.56 bits per heavy atom. The van der Waals surface area contributed by atoms with Gasteiger partial charge in [-0.2, -0.15) is 0 Å². The number of ether oxygens (including phenoxy) is 2. The Bertz CT molecular complexity index is 435. The Morgan fingerprint density at radius 1 is 1.78 bits per heavy atom. The monoisotopic (exact) mass is 272 g/mol. The molecule has 2 heterocycles. The number of nitrogens with two attached hydrogens (primary N) is 1. The highest BCUT2D eigenvalue weighted by Crippen LogP contribution is 2.40. The summed E-state index contributed by atoms with van der Waals surface area (Å²) in [6, 6.07) is -0.346. The maximum absolute atomic E-state index is 11.7. The van der Waals surface area contributed by atoms with E-state index in [1.807, 2.05) is 4.90 Å². The summed E-state index contributed by atoms with van der Waals surface area (Å²) in [5, 5.41) is 10.8. The van der Waals surface area contributed by atoms with Crippen molar-refractivity contribution in [2.24, 2.45) is 5.73 Å². The number of carbonyl (C=O) groups is 1. The molecular formula is C11H16N2O4S. The van der Waals surface area contributed by atoms with Crippen molar-refractivity contribution >= 4 is 23.0 Å². The van der Waals surface area contributed by atoms with Gasteiger partial charge in [-0.3, -0.25) is 0 Å². The molecule has 1 aliphatic heterocycles. The Hall–Kier alpha value is -1.31. The van der Waals surface area contributed by atoms with Crippen LogP contribution in [-0.2, 0) is 4.74 Å². The minimum Gasteiger partial charge on any atom is -0.489 e. The Labute approximate surface area is 109 Å². The van der Waals surface area contributed by atoms with Crippen LogP contribution in [0.3, 0.4) is 0 Å². The highest BCUT2D eigenvalue weighted by Gasteiger charge is 2.28. The average Bonchev–Trinajstić information content (AvgIpc) is 2.82. The second kappa shape index (κ2) is 5.55. The number of carbonyl (C=O) groups excluding carboxylic acids is 1. The Balaban J connectivity index is 2.28. The number of anilines is 1. The molecule has 0 unspecified atom stereocenters. The normalized spacial score (nSPS) is 15.8. The third-order valence-electron chi connectivity index (χ3n) is 2.73. The smallest absolute Gasteiger partial charge is 0.350 e. The van der Waals surface area contributed by atoms with Gasteiger partial charge in [0.1, 0.15) is 17.2 Å². The molecule has 1 aliphatic rings. The van der Waals surface area contributed by atoms with Gasteiger partial charge in [0.15, 0.2) is 5.75 Å². The van der Waals surface area contributed by atoms with E-state index in [1.54, 1.807) is 5.38 Å². The Morgan fingerprint density at radius 3 is 3.22 bits per heavy atom. The molecule has 0 amide bonds.